The summed E-state index contributed by atoms with van der Waals surface area (Å²) >= 11 is 0. The Hall–Kier alpha value is -3.32. The number of aliphatic hydroxyl groups excluding tert-OH is 1. The van der Waals surface area contributed by atoms with Crippen LogP contribution in [0.3, 0.4) is 0 Å². The summed E-state index contributed by atoms with van der Waals surface area (Å²) in [7, 11) is 3.10. The van der Waals surface area contributed by atoms with Crippen LogP contribution in [0.25, 0.3) is 5.69 Å². The quantitative estimate of drug-likeness (QED) is 0.711. The van der Waals surface area contributed by atoms with Gasteiger partial charge in [-0.3, -0.25) is 4.79 Å². The van der Waals surface area contributed by atoms with Crippen molar-refractivity contribution in [3.8, 4) is 17.2 Å². The lowest BCUT2D eigenvalue weighted by Crippen LogP contribution is -2.22. The Morgan fingerprint density at radius 2 is 1.81 bits per heavy atom. The molecular weight excluding hydrogens is 334 g/mol. The number of carbonyl (C=O) groups excluding carboxylic acids is 1. The molecule has 1 atom stereocenters. The third-order valence-electron chi connectivity index (χ3n) is 3.87. The number of benzene rings is 2. The third kappa shape index (κ3) is 3.52. The molecule has 7 heteroatoms. The molecule has 0 saturated heterocycles. The first-order chi connectivity index (χ1) is 12.6. The van der Waals surface area contributed by atoms with Crippen molar-refractivity contribution in [2.75, 3.05) is 19.5 Å². The predicted octanol–water partition coefficient (Wildman–Crippen LogP) is 2.56. The van der Waals surface area contributed by atoms with Gasteiger partial charge in [-0.05, 0) is 17.7 Å². The molecule has 0 saturated carbocycles. The highest BCUT2D eigenvalue weighted by Crippen LogP contribution is 2.30. The lowest BCUT2D eigenvalue weighted by atomic mass is 10.1. The Kier molecular flexibility index (Phi) is 5.19. The highest BCUT2D eigenvalue weighted by molar-refractivity contribution is 5.94. The predicted molar refractivity (Wildman–Crippen MR) is 96.7 cm³/mol. The van der Waals surface area contributed by atoms with Crippen LogP contribution in [-0.2, 0) is 4.79 Å². The number of ether oxygens (including phenoxy) is 2. The van der Waals surface area contributed by atoms with E-state index in [1.807, 2.05) is 6.07 Å². The smallest absolute Gasteiger partial charge is 0.258 e. The van der Waals surface area contributed by atoms with E-state index in [9.17, 15) is 9.90 Å². The number of nitrogens with one attached hydrogen (secondary N) is 1. The number of aliphatic hydroxyl groups is 1. The second-order valence-electron chi connectivity index (χ2n) is 5.47. The molecule has 0 aliphatic rings. The number of hydrogen-bond acceptors (Lipinski definition) is 5. The van der Waals surface area contributed by atoms with Gasteiger partial charge in [0.2, 0.25) is 0 Å². The van der Waals surface area contributed by atoms with Crippen LogP contribution in [0.4, 0.5) is 5.82 Å². The van der Waals surface area contributed by atoms with Gasteiger partial charge >= 0.3 is 0 Å². The van der Waals surface area contributed by atoms with E-state index in [-0.39, 0.29) is 0 Å². The average molecular weight is 353 g/mol. The fourth-order valence-electron chi connectivity index (χ4n) is 2.54. The molecule has 0 aliphatic heterocycles. The first kappa shape index (κ1) is 17.5. The van der Waals surface area contributed by atoms with Crippen LogP contribution >= 0.6 is 0 Å². The first-order valence-corrected chi connectivity index (χ1v) is 7.94. The Morgan fingerprint density at radius 1 is 1.08 bits per heavy atom. The molecule has 26 heavy (non-hydrogen) atoms. The normalized spacial score (nSPS) is 11.7. The number of amides is 1. The zero-order chi connectivity index (χ0) is 18.5. The second kappa shape index (κ2) is 7.71. The van der Waals surface area contributed by atoms with Gasteiger partial charge in [-0.1, -0.05) is 30.3 Å². The number of rotatable bonds is 6. The molecule has 0 aliphatic carbocycles. The van der Waals surface area contributed by atoms with Gasteiger partial charge in [0.15, 0.2) is 17.6 Å². The Labute approximate surface area is 150 Å². The van der Waals surface area contributed by atoms with Gasteiger partial charge in [0.05, 0.1) is 26.1 Å². The van der Waals surface area contributed by atoms with Gasteiger partial charge < -0.3 is 19.9 Å². The van der Waals surface area contributed by atoms with Gasteiger partial charge in [-0.15, -0.1) is 0 Å². The van der Waals surface area contributed by atoms with Gasteiger partial charge in [0, 0.05) is 12.1 Å². The Bertz CT molecular complexity index is 893. The summed E-state index contributed by atoms with van der Waals surface area (Å²) < 4.78 is 12.1. The summed E-state index contributed by atoms with van der Waals surface area (Å²) in [4.78, 5) is 12.4. The average Bonchev–Trinajstić information content (AvgIpc) is 3.15. The Morgan fingerprint density at radius 3 is 2.50 bits per heavy atom. The number of hydrogen-bond donors (Lipinski definition) is 2. The zero-order valence-corrected chi connectivity index (χ0v) is 14.4. The van der Waals surface area contributed by atoms with Crippen LogP contribution in [0.1, 0.15) is 11.7 Å². The van der Waals surface area contributed by atoms with E-state index >= 15 is 0 Å². The number of methoxy groups -OCH3 is 2. The van der Waals surface area contributed by atoms with E-state index in [4.69, 9.17) is 9.47 Å². The van der Waals surface area contributed by atoms with Crippen LogP contribution in [0, 0.1) is 0 Å². The maximum Gasteiger partial charge on any atom is 0.258 e. The number of anilines is 1. The van der Waals surface area contributed by atoms with E-state index in [1.54, 1.807) is 68.9 Å². The summed E-state index contributed by atoms with van der Waals surface area (Å²) in [5.41, 5.74) is 1.19. The van der Waals surface area contributed by atoms with E-state index < -0.39 is 12.0 Å². The summed E-state index contributed by atoms with van der Waals surface area (Å²) in [5.74, 6) is 1.02. The molecule has 2 N–H and O–H groups in total. The minimum absolute atomic E-state index is 0.428. The van der Waals surface area contributed by atoms with Crippen molar-refractivity contribution in [3.63, 3.8) is 0 Å². The van der Waals surface area contributed by atoms with Gasteiger partial charge in [0.1, 0.15) is 5.82 Å². The molecule has 134 valence electrons. The fourth-order valence-corrected chi connectivity index (χ4v) is 2.54. The molecule has 0 fully saturated rings. The second-order valence-corrected chi connectivity index (χ2v) is 5.47. The summed E-state index contributed by atoms with van der Waals surface area (Å²) in [5, 5.41) is 17.1. The lowest BCUT2D eigenvalue weighted by molar-refractivity contribution is -0.124. The molecular formula is C19H19N3O4. The van der Waals surface area contributed by atoms with Crippen molar-refractivity contribution < 1.29 is 19.4 Å². The highest BCUT2D eigenvalue weighted by Gasteiger charge is 2.19. The molecule has 7 nitrogen and oxygen atoms in total. The lowest BCUT2D eigenvalue weighted by Gasteiger charge is -2.14. The number of carbonyl (C=O) groups is 1. The summed E-state index contributed by atoms with van der Waals surface area (Å²) in [6.45, 7) is 0. The Balaban J connectivity index is 1.84. The zero-order valence-electron chi connectivity index (χ0n) is 14.4. The van der Waals surface area contributed by atoms with E-state index in [0.717, 1.165) is 0 Å². The van der Waals surface area contributed by atoms with Crippen molar-refractivity contribution >= 4 is 11.7 Å². The van der Waals surface area contributed by atoms with Gasteiger partial charge in [-0.2, -0.15) is 5.10 Å². The molecule has 2 aromatic carbocycles. The monoisotopic (exact) mass is 353 g/mol. The third-order valence-corrected chi connectivity index (χ3v) is 3.87. The molecule has 1 amide bonds. The number of nitrogens with zero attached hydrogens (tertiary/aromatic N) is 2. The molecule has 3 rings (SSSR count). The highest BCUT2D eigenvalue weighted by atomic mass is 16.5. The topological polar surface area (TPSA) is 85.6 Å². The first-order valence-electron chi connectivity index (χ1n) is 7.94. The van der Waals surface area contributed by atoms with Crippen molar-refractivity contribution in [1.82, 2.24) is 9.78 Å². The van der Waals surface area contributed by atoms with Crippen LogP contribution in [0.2, 0.25) is 0 Å². The summed E-state index contributed by atoms with van der Waals surface area (Å²) in [6.07, 6.45) is 0.284. The van der Waals surface area contributed by atoms with Crippen molar-refractivity contribution in [2.24, 2.45) is 0 Å². The van der Waals surface area contributed by atoms with Crippen molar-refractivity contribution in [1.29, 1.82) is 0 Å². The van der Waals surface area contributed by atoms with Crippen molar-refractivity contribution in [2.45, 2.75) is 6.10 Å². The maximum atomic E-state index is 12.4. The van der Waals surface area contributed by atoms with Crippen LogP contribution in [0.5, 0.6) is 11.5 Å². The standard InChI is InChI=1S/C19H19N3O4/c1-25-15-9-8-14(12-16(15)26-2)22-17(10-11-20-22)21-19(24)18(23)13-6-4-3-5-7-13/h3-12,18,23H,1-2H3,(H,21,24). The van der Waals surface area contributed by atoms with E-state index in [1.165, 1.54) is 4.68 Å². The minimum Gasteiger partial charge on any atom is -0.493 e. The molecule has 1 aromatic heterocycles. The molecule has 3 aromatic rings. The summed E-state index contributed by atoms with van der Waals surface area (Å²) in [6, 6.07) is 15.7. The number of aromatic nitrogens is 2. The molecule has 0 spiro atoms. The largest absolute Gasteiger partial charge is 0.493 e. The molecule has 0 bridgehead atoms. The molecule has 1 heterocycles. The SMILES string of the molecule is COc1ccc(-n2nccc2NC(=O)C(O)c2ccccc2)cc1OC. The van der Waals surface area contributed by atoms with Crippen LogP contribution in [-0.4, -0.2) is 35.0 Å². The van der Waals surface area contributed by atoms with Gasteiger partial charge in [-0.25, -0.2) is 4.68 Å². The molecule has 0 radical (unpaired) electrons. The van der Waals surface area contributed by atoms with E-state index in [0.29, 0.717) is 28.6 Å². The van der Waals surface area contributed by atoms with E-state index in [2.05, 4.69) is 10.4 Å². The fraction of sp³-hybridized carbons (Fsp3) is 0.158. The molecule has 1 unspecified atom stereocenters. The van der Waals surface area contributed by atoms with Crippen LogP contribution in [0.15, 0.2) is 60.8 Å². The van der Waals surface area contributed by atoms with Crippen LogP contribution < -0.4 is 14.8 Å². The van der Waals surface area contributed by atoms with Crippen molar-refractivity contribution in [3.05, 3.63) is 66.4 Å². The maximum absolute atomic E-state index is 12.4. The van der Waals surface area contributed by atoms with Gasteiger partial charge in [0.25, 0.3) is 5.91 Å². The minimum atomic E-state index is -1.27.